The molecule has 0 atom stereocenters. The minimum atomic E-state index is -0.983. The van der Waals surface area contributed by atoms with Crippen LogP contribution in [0.1, 0.15) is 16.1 Å². The summed E-state index contributed by atoms with van der Waals surface area (Å²) in [5, 5.41) is 13.5. The molecule has 0 aliphatic rings. The van der Waals surface area contributed by atoms with Gasteiger partial charge in [-0.05, 0) is 36.4 Å². The summed E-state index contributed by atoms with van der Waals surface area (Å²) < 4.78 is 5.65. The van der Waals surface area contributed by atoms with Crippen LogP contribution in [0.5, 0.6) is 0 Å². The Labute approximate surface area is 175 Å². The van der Waals surface area contributed by atoms with Crippen molar-refractivity contribution in [2.24, 2.45) is 5.10 Å². The van der Waals surface area contributed by atoms with Crippen molar-refractivity contribution in [2.45, 2.75) is 5.16 Å². The number of carboxylic acid groups (broad SMARTS) is 1. The molecule has 0 unspecified atom stereocenters. The van der Waals surface area contributed by atoms with Gasteiger partial charge in [-0.1, -0.05) is 36.0 Å². The number of imidazole rings is 1. The molecule has 0 aliphatic carbocycles. The second kappa shape index (κ2) is 8.66. The monoisotopic (exact) mass is 420 g/mol. The molecular formula is C21H16N4O4S. The Balaban J connectivity index is 1.29. The number of aromatic carboxylic acids is 1. The van der Waals surface area contributed by atoms with Crippen molar-refractivity contribution in [3.05, 3.63) is 72.0 Å². The van der Waals surface area contributed by atoms with Crippen molar-refractivity contribution in [1.82, 2.24) is 15.4 Å². The van der Waals surface area contributed by atoms with Crippen LogP contribution in [0, 0.1) is 0 Å². The Morgan fingerprint density at radius 1 is 1.13 bits per heavy atom. The second-order valence-corrected chi connectivity index (χ2v) is 7.19. The largest absolute Gasteiger partial charge is 0.478 e. The lowest BCUT2D eigenvalue weighted by Crippen LogP contribution is -2.19. The van der Waals surface area contributed by atoms with Crippen LogP contribution in [-0.2, 0) is 4.79 Å². The van der Waals surface area contributed by atoms with Gasteiger partial charge in [0, 0.05) is 5.56 Å². The van der Waals surface area contributed by atoms with E-state index in [0.29, 0.717) is 16.7 Å². The Bertz CT molecular complexity index is 1190. The van der Waals surface area contributed by atoms with E-state index in [1.165, 1.54) is 30.1 Å². The molecule has 0 aliphatic heterocycles. The summed E-state index contributed by atoms with van der Waals surface area (Å²) in [5.41, 5.74) is 5.16. The van der Waals surface area contributed by atoms with Crippen LogP contribution in [0.25, 0.3) is 22.4 Å². The number of amides is 1. The molecule has 9 heteroatoms. The molecule has 0 saturated carbocycles. The summed E-state index contributed by atoms with van der Waals surface area (Å²) in [6.45, 7) is 0. The molecule has 0 spiro atoms. The quantitative estimate of drug-likeness (QED) is 0.238. The summed E-state index contributed by atoms with van der Waals surface area (Å²) in [6.07, 6.45) is 1.40. The summed E-state index contributed by atoms with van der Waals surface area (Å²) in [4.78, 5) is 30.4. The highest BCUT2D eigenvalue weighted by molar-refractivity contribution is 7.99. The van der Waals surface area contributed by atoms with E-state index >= 15 is 0 Å². The third-order valence-corrected chi connectivity index (χ3v) is 5.01. The zero-order chi connectivity index (χ0) is 20.9. The van der Waals surface area contributed by atoms with Crippen molar-refractivity contribution in [3.63, 3.8) is 0 Å². The van der Waals surface area contributed by atoms with E-state index in [1.54, 1.807) is 24.3 Å². The van der Waals surface area contributed by atoms with Crippen LogP contribution in [0.4, 0.5) is 0 Å². The Morgan fingerprint density at radius 2 is 1.93 bits per heavy atom. The van der Waals surface area contributed by atoms with E-state index in [0.717, 1.165) is 16.6 Å². The van der Waals surface area contributed by atoms with Gasteiger partial charge >= 0.3 is 5.97 Å². The molecule has 8 nitrogen and oxygen atoms in total. The number of carbonyl (C=O) groups excluding carboxylic acids is 1. The van der Waals surface area contributed by atoms with Crippen LogP contribution in [0.3, 0.4) is 0 Å². The topological polar surface area (TPSA) is 121 Å². The van der Waals surface area contributed by atoms with E-state index in [1.807, 2.05) is 24.3 Å². The highest BCUT2D eigenvalue weighted by atomic mass is 32.2. The number of thioether (sulfide) groups is 1. The average molecular weight is 420 g/mol. The lowest BCUT2D eigenvalue weighted by Gasteiger charge is -1.98. The SMILES string of the molecule is O=C(CSc1nc2ccccc2[nH]1)N/N=C\c1ccc(-c2ccc(C(=O)O)cc2)o1. The highest BCUT2D eigenvalue weighted by Gasteiger charge is 2.08. The molecule has 0 fully saturated rings. The van der Waals surface area contributed by atoms with Gasteiger partial charge in [0.05, 0.1) is 28.6 Å². The predicted octanol–water partition coefficient (Wildman–Crippen LogP) is 3.76. The number of para-hydroxylation sites is 2. The zero-order valence-corrected chi connectivity index (χ0v) is 16.3. The predicted molar refractivity (Wildman–Crippen MR) is 114 cm³/mol. The number of rotatable bonds is 7. The van der Waals surface area contributed by atoms with Crippen molar-refractivity contribution in [1.29, 1.82) is 0 Å². The summed E-state index contributed by atoms with van der Waals surface area (Å²) >= 11 is 1.29. The maximum Gasteiger partial charge on any atom is 0.335 e. The number of benzene rings is 2. The number of aromatic amines is 1. The highest BCUT2D eigenvalue weighted by Crippen LogP contribution is 2.22. The fourth-order valence-corrected chi connectivity index (χ4v) is 3.36. The van der Waals surface area contributed by atoms with Crippen LogP contribution in [-0.4, -0.2) is 38.9 Å². The maximum atomic E-state index is 12.0. The first kappa shape index (κ1) is 19.5. The summed E-state index contributed by atoms with van der Waals surface area (Å²) in [7, 11) is 0. The van der Waals surface area contributed by atoms with E-state index in [4.69, 9.17) is 9.52 Å². The molecule has 1 amide bonds. The zero-order valence-electron chi connectivity index (χ0n) is 15.5. The van der Waals surface area contributed by atoms with Crippen LogP contribution in [0.2, 0.25) is 0 Å². The molecule has 30 heavy (non-hydrogen) atoms. The first-order valence-corrected chi connectivity index (χ1v) is 9.90. The van der Waals surface area contributed by atoms with Gasteiger partial charge in [-0.3, -0.25) is 4.79 Å². The average Bonchev–Trinajstić information content (AvgIpc) is 3.39. The van der Waals surface area contributed by atoms with Gasteiger partial charge in [0.2, 0.25) is 0 Å². The van der Waals surface area contributed by atoms with E-state index in [-0.39, 0.29) is 17.2 Å². The van der Waals surface area contributed by atoms with Crippen LogP contribution < -0.4 is 5.43 Å². The van der Waals surface area contributed by atoms with E-state index < -0.39 is 5.97 Å². The molecule has 0 saturated heterocycles. The van der Waals surface area contributed by atoms with Gasteiger partial charge in [-0.2, -0.15) is 5.10 Å². The van der Waals surface area contributed by atoms with Crippen molar-refractivity contribution >= 4 is 40.9 Å². The maximum absolute atomic E-state index is 12.0. The number of hydrazone groups is 1. The van der Waals surface area contributed by atoms with E-state index in [9.17, 15) is 9.59 Å². The molecule has 2 aromatic carbocycles. The van der Waals surface area contributed by atoms with Gasteiger partial charge in [-0.25, -0.2) is 15.2 Å². The Hall–Kier alpha value is -3.85. The standard InChI is InChI=1S/C21H16N4O4S/c26-19(12-30-21-23-16-3-1-2-4-17(16)24-21)25-22-11-15-9-10-18(29-15)13-5-7-14(8-6-13)20(27)28/h1-11H,12H2,(H,23,24)(H,25,26)(H,27,28)/b22-11-. The van der Waals surface area contributed by atoms with Gasteiger partial charge in [-0.15, -0.1) is 0 Å². The second-order valence-electron chi connectivity index (χ2n) is 6.23. The number of nitrogens with one attached hydrogen (secondary N) is 2. The third kappa shape index (κ3) is 4.58. The summed E-state index contributed by atoms with van der Waals surface area (Å²) in [5.74, 6) is -0.0651. The smallest absolute Gasteiger partial charge is 0.335 e. The fraction of sp³-hybridized carbons (Fsp3) is 0.0476. The molecule has 2 aromatic heterocycles. The number of carboxylic acids is 1. The van der Waals surface area contributed by atoms with E-state index in [2.05, 4.69) is 20.5 Å². The normalized spacial score (nSPS) is 11.2. The Morgan fingerprint density at radius 3 is 2.70 bits per heavy atom. The number of hydrogen-bond donors (Lipinski definition) is 3. The number of hydrogen-bond acceptors (Lipinski definition) is 6. The van der Waals surface area contributed by atoms with Crippen molar-refractivity contribution in [2.75, 3.05) is 5.75 Å². The molecule has 4 rings (SSSR count). The molecule has 0 radical (unpaired) electrons. The number of aromatic nitrogens is 2. The molecule has 3 N–H and O–H groups in total. The summed E-state index contributed by atoms with van der Waals surface area (Å²) in [6, 6.07) is 17.5. The minimum Gasteiger partial charge on any atom is -0.478 e. The third-order valence-electron chi connectivity index (χ3n) is 4.13. The molecule has 150 valence electrons. The van der Waals surface area contributed by atoms with Crippen LogP contribution >= 0.6 is 11.8 Å². The number of nitrogens with zero attached hydrogens (tertiary/aromatic N) is 2. The molecule has 4 aromatic rings. The first-order valence-electron chi connectivity index (χ1n) is 8.91. The van der Waals surface area contributed by atoms with Gasteiger partial charge in [0.25, 0.3) is 5.91 Å². The number of H-pyrrole nitrogens is 1. The van der Waals surface area contributed by atoms with Crippen LogP contribution in [0.15, 0.2) is 75.3 Å². The van der Waals surface area contributed by atoms with Gasteiger partial charge in [0.15, 0.2) is 5.16 Å². The Kier molecular flexibility index (Phi) is 5.62. The molecule has 0 bridgehead atoms. The molecule has 2 heterocycles. The van der Waals surface area contributed by atoms with Gasteiger partial charge < -0.3 is 14.5 Å². The number of carbonyl (C=O) groups is 2. The lowest BCUT2D eigenvalue weighted by atomic mass is 10.1. The van der Waals surface area contributed by atoms with Crippen molar-refractivity contribution in [3.8, 4) is 11.3 Å². The fourth-order valence-electron chi connectivity index (χ4n) is 2.69. The minimum absolute atomic E-state index is 0.163. The first-order chi connectivity index (χ1) is 14.6. The number of furan rings is 1. The molecular weight excluding hydrogens is 404 g/mol. The lowest BCUT2D eigenvalue weighted by molar-refractivity contribution is -0.118. The number of fused-ring (bicyclic) bond motifs is 1. The van der Waals surface area contributed by atoms with Gasteiger partial charge in [0.1, 0.15) is 11.5 Å². The van der Waals surface area contributed by atoms with Crippen molar-refractivity contribution < 1.29 is 19.1 Å².